The zero-order valence-electron chi connectivity index (χ0n) is 10.7. The molecule has 100 valence electrons. The second kappa shape index (κ2) is 5.09. The average Bonchev–Trinajstić information content (AvgIpc) is 2.76. The topological polar surface area (TPSA) is 70.1 Å². The van der Waals surface area contributed by atoms with E-state index in [0.29, 0.717) is 0 Å². The lowest BCUT2D eigenvalue weighted by Crippen LogP contribution is -2.10. The molecule has 2 N–H and O–H groups in total. The van der Waals surface area contributed by atoms with Gasteiger partial charge in [0.1, 0.15) is 5.69 Å². The Kier molecular flexibility index (Phi) is 3.50. The van der Waals surface area contributed by atoms with Crippen LogP contribution in [0.3, 0.4) is 0 Å². The van der Waals surface area contributed by atoms with E-state index < -0.39 is 11.8 Å². The summed E-state index contributed by atoms with van der Waals surface area (Å²) in [5.41, 5.74) is 6.85. The highest BCUT2D eigenvalue weighted by molar-refractivity contribution is 5.95. The summed E-state index contributed by atoms with van der Waals surface area (Å²) in [6, 6.07) is 2.44. The quantitative estimate of drug-likeness (QED) is 0.680. The van der Waals surface area contributed by atoms with Crippen molar-refractivity contribution in [2.75, 3.05) is 12.3 Å². The van der Waals surface area contributed by atoms with Gasteiger partial charge in [-0.15, -0.1) is 0 Å². The largest absolute Gasteiger partial charge is 0.462 e. The van der Waals surface area contributed by atoms with Crippen LogP contribution in [0.5, 0.6) is 0 Å². The van der Waals surface area contributed by atoms with Crippen LogP contribution in [-0.2, 0) is 4.74 Å². The van der Waals surface area contributed by atoms with Gasteiger partial charge in [0.05, 0.1) is 18.4 Å². The molecule has 0 saturated heterocycles. The third kappa shape index (κ3) is 2.57. The number of aryl methyl sites for hydroxylation is 1. The summed E-state index contributed by atoms with van der Waals surface area (Å²) in [6.45, 7) is 3.76. The van der Waals surface area contributed by atoms with Crippen LogP contribution in [0.4, 0.5) is 10.1 Å². The molecule has 2 aromatic rings. The van der Waals surface area contributed by atoms with E-state index >= 15 is 0 Å². The number of nitrogens with zero attached hydrogens (tertiary/aromatic N) is 2. The van der Waals surface area contributed by atoms with Crippen LogP contribution in [-0.4, -0.2) is 22.4 Å². The standard InChI is InChI=1S/C13H14FN3O2/c1-3-19-13(18)9-4-12(10(14)5-11(9)15)17-7-8(2)6-16-17/h4-7H,3,15H2,1-2H3. The summed E-state index contributed by atoms with van der Waals surface area (Å²) in [4.78, 5) is 11.7. The highest BCUT2D eigenvalue weighted by atomic mass is 19.1. The Hall–Kier alpha value is -2.37. The Labute approximate surface area is 109 Å². The number of carbonyl (C=O) groups is 1. The van der Waals surface area contributed by atoms with Gasteiger partial charge in [-0.25, -0.2) is 13.9 Å². The Morgan fingerprint density at radius 3 is 2.84 bits per heavy atom. The lowest BCUT2D eigenvalue weighted by atomic mass is 10.1. The molecular weight excluding hydrogens is 249 g/mol. The number of ether oxygens (including phenoxy) is 1. The monoisotopic (exact) mass is 263 g/mol. The zero-order chi connectivity index (χ0) is 14.0. The number of carbonyl (C=O) groups excluding carboxylic acids is 1. The molecular formula is C13H14FN3O2. The van der Waals surface area contributed by atoms with Crippen molar-refractivity contribution in [2.45, 2.75) is 13.8 Å². The fourth-order valence-corrected chi connectivity index (χ4v) is 1.68. The number of esters is 1. The van der Waals surface area contributed by atoms with Crippen LogP contribution in [0.1, 0.15) is 22.8 Å². The number of hydrogen-bond donors (Lipinski definition) is 1. The molecule has 0 aliphatic carbocycles. The molecule has 2 rings (SSSR count). The van der Waals surface area contributed by atoms with Gasteiger partial charge in [-0.3, -0.25) is 0 Å². The summed E-state index contributed by atoms with van der Waals surface area (Å²) >= 11 is 0. The number of hydrogen-bond acceptors (Lipinski definition) is 4. The zero-order valence-corrected chi connectivity index (χ0v) is 10.7. The SMILES string of the molecule is CCOC(=O)c1cc(-n2cc(C)cn2)c(F)cc1N. The molecule has 0 aliphatic rings. The van der Waals surface area contributed by atoms with Gasteiger partial charge in [-0.05, 0) is 31.5 Å². The van der Waals surface area contributed by atoms with Crippen molar-refractivity contribution < 1.29 is 13.9 Å². The van der Waals surface area contributed by atoms with E-state index in [2.05, 4.69) is 5.10 Å². The Bertz CT molecular complexity index is 622. The van der Waals surface area contributed by atoms with Crippen LogP contribution in [0.2, 0.25) is 0 Å². The highest BCUT2D eigenvalue weighted by Crippen LogP contribution is 2.22. The van der Waals surface area contributed by atoms with E-state index in [0.717, 1.165) is 11.6 Å². The highest BCUT2D eigenvalue weighted by Gasteiger charge is 2.16. The first-order valence-electron chi connectivity index (χ1n) is 5.80. The fourth-order valence-electron chi connectivity index (χ4n) is 1.68. The molecule has 5 nitrogen and oxygen atoms in total. The summed E-state index contributed by atoms with van der Waals surface area (Å²) in [5, 5.41) is 4.01. The lowest BCUT2D eigenvalue weighted by Gasteiger charge is -2.09. The maximum atomic E-state index is 13.9. The van der Waals surface area contributed by atoms with Crippen molar-refractivity contribution in [1.29, 1.82) is 0 Å². The molecule has 0 radical (unpaired) electrons. The van der Waals surface area contributed by atoms with Gasteiger partial charge in [-0.1, -0.05) is 0 Å². The van der Waals surface area contributed by atoms with E-state index in [9.17, 15) is 9.18 Å². The normalized spacial score (nSPS) is 10.5. The van der Waals surface area contributed by atoms with Gasteiger partial charge in [0, 0.05) is 11.9 Å². The molecule has 0 saturated carbocycles. The first-order chi connectivity index (χ1) is 9.02. The maximum absolute atomic E-state index is 13.9. The first-order valence-corrected chi connectivity index (χ1v) is 5.80. The van der Waals surface area contributed by atoms with E-state index in [1.54, 1.807) is 19.3 Å². The smallest absolute Gasteiger partial charge is 0.340 e. The average molecular weight is 263 g/mol. The minimum absolute atomic E-state index is 0.0450. The molecule has 0 atom stereocenters. The van der Waals surface area contributed by atoms with Crippen LogP contribution < -0.4 is 5.73 Å². The Balaban J connectivity index is 2.50. The maximum Gasteiger partial charge on any atom is 0.340 e. The summed E-state index contributed by atoms with van der Waals surface area (Å²) < 4.78 is 20.1. The summed E-state index contributed by atoms with van der Waals surface area (Å²) in [7, 11) is 0. The van der Waals surface area contributed by atoms with Crippen molar-refractivity contribution in [3.63, 3.8) is 0 Å². The molecule has 0 bridgehead atoms. The number of aromatic nitrogens is 2. The van der Waals surface area contributed by atoms with Crippen molar-refractivity contribution in [2.24, 2.45) is 0 Å². The van der Waals surface area contributed by atoms with E-state index in [4.69, 9.17) is 10.5 Å². The molecule has 0 aliphatic heterocycles. The molecule has 1 aromatic heterocycles. The van der Waals surface area contributed by atoms with Gasteiger partial charge >= 0.3 is 5.97 Å². The molecule has 19 heavy (non-hydrogen) atoms. The molecule has 1 aromatic carbocycles. The van der Waals surface area contributed by atoms with E-state index in [1.807, 2.05) is 6.92 Å². The van der Waals surface area contributed by atoms with Gasteiger partial charge in [0.15, 0.2) is 5.82 Å². The van der Waals surface area contributed by atoms with Gasteiger partial charge in [0.2, 0.25) is 0 Å². The molecule has 0 fully saturated rings. The first kappa shape index (κ1) is 13.1. The van der Waals surface area contributed by atoms with Crippen molar-refractivity contribution in [3.05, 3.63) is 41.5 Å². The van der Waals surface area contributed by atoms with Gasteiger partial charge in [-0.2, -0.15) is 5.10 Å². The lowest BCUT2D eigenvalue weighted by molar-refractivity contribution is 0.0527. The number of halogens is 1. The predicted octanol–water partition coefficient (Wildman–Crippen LogP) is 2.08. The number of nitrogen functional groups attached to an aromatic ring is 1. The third-order valence-electron chi connectivity index (χ3n) is 2.57. The van der Waals surface area contributed by atoms with Gasteiger partial charge in [0.25, 0.3) is 0 Å². The van der Waals surface area contributed by atoms with Crippen LogP contribution >= 0.6 is 0 Å². The van der Waals surface area contributed by atoms with Crippen LogP contribution in [0.25, 0.3) is 5.69 Å². The van der Waals surface area contributed by atoms with E-state index in [1.165, 1.54) is 10.7 Å². The number of benzene rings is 1. The van der Waals surface area contributed by atoms with Crippen molar-refractivity contribution in [1.82, 2.24) is 9.78 Å². The minimum Gasteiger partial charge on any atom is -0.462 e. The van der Waals surface area contributed by atoms with Crippen molar-refractivity contribution >= 4 is 11.7 Å². The summed E-state index contributed by atoms with van der Waals surface area (Å²) in [6.07, 6.45) is 3.25. The second-order valence-electron chi connectivity index (χ2n) is 4.07. The molecule has 0 spiro atoms. The number of nitrogens with two attached hydrogens (primary N) is 1. The second-order valence-corrected chi connectivity index (χ2v) is 4.07. The number of anilines is 1. The Morgan fingerprint density at radius 2 is 2.26 bits per heavy atom. The van der Waals surface area contributed by atoms with Gasteiger partial charge < -0.3 is 10.5 Å². The predicted molar refractivity (Wildman–Crippen MR) is 68.6 cm³/mol. The van der Waals surface area contributed by atoms with Crippen LogP contribution in [0.15, 0.2) is 24.5 Å². The molecule has 6 heteroatoms. The molecule has 1 heterocycles. The summed E-state index contributed by atoms with van der Waals surface area (Å²) in [5.74, 6) is -1.13. The molecule has 0 unspecified atom stereocenters. The van der Waals surface area contributed by atoms with Crippen molar-refractivity contribution in [3.8, 4) is 5.69 Å². The minimum atomic E-state index is -0.579. The third-order valence-corrected chi connectivity index (χ3v) is 2.57. The fraction of sp³-hybridized carbons (Fsp3) is 0.231. The Morgan fingerprint density at radius 1 is 1.53 bits per heavy atom. The molecule has 0 amide bonds. The van der Waals surface area contributed by atoms with Crippen LogP contribution in [0, 0.1) is 12.7 Å². The number of rotatable bonds is 3. The van der Waals surface area contributed by atoms with E-state index in [-0.39, 0.29) is 23.5 Å².